The van der Waals surface area contributed by atoms with Gasteiger partial charge in [-0.2, -0.15) is 0 Å². The Morgan fingerprint density at radius 2 is 1.63 bits per heavy atom. The van der Waals surface area contributed by atoms with Crippen molar-refractivity contribution in [3.8, 4) is 0 Å². The van der Waals surface area contributed by atoms with Crippen molar-refractivity contribution in [2.75, 3.05) is 13.1 Å². The maximum Gasteiger partial charge on any atom is 0.289 e. The van der Waals surface area contributed by atoms with Gasteiger partial charge in [0.05, 0.1) is 0 Å². The smallest absolute Gasteiger partial charge is 0.289 e. The summed E-state index contributed by atoms with van der Waals surface area (Å²) in [5, 5.41) is 3.37. The normalized spacial score (nSPS) is 35.4. The first kappa shape index (κ1) is 17.8. The number of likely N-dealkylation sites (tertiary alicyclic amines) is 1. The van der Waals surface area contributed by atoms with E-state index in [0.29, 0.717) is 29.4 Å². The van der Waals surface area contributed by atoms with Gasteiger partial charge in [-0.15, -0.1) is 0 Å². The molecule has 0 aromatic carbocycles. The Hall–Kier alpha value is -1.30. The van der Waals surface area contributed by atoms with Gasteiger partial charge in [0.25, 0.3) is 5.91 Å². The summed E-state index contributed by atoms with van der Waals surface area (Å²) in [5.74, 6) is 2.98. The fourth-order valence-electron chi connectivity index (χ4n) is 6.54. The number of piperidine rings is 1. The lowest BCUT2D eigenvalue weighted by atomic mass is 9.49. The molecule has 1 saturated heterocycles. The standard InChI is InChI=1S/C21H27BrN2O3/c22-18-2-1-17(27-18)19(25)24-5-3-16(4-6-24)23-20(26)21-10-13-7-14(11-21)9-15(8-13)12-21/h1-2,13-16H,3-12H2,(H,23,26). The highest BCUT2D eigenvalue weighted by Gasteiger charge is 2.54. The summed E-state index contributed by atoms with van der Waals surface area (Å²) in [7, 11) is 0. The number of nitrogens with zero attached hydrogens (tertiary/aromatic N) is 1. The lowest BCUT2D eigenvalue weighted by Crippen LogP contribution is -2.56. The molecule has 5 aliphatic rings. The van der Waals surface area contributed by atoms with Gasteiger partial charge in [-0.1, -0.05) is 0 Å². The Kier molecular flexibility index (Phi) is 4.37. The lowest BCUT2D eigenvalue weighted by Gasteiger charge is -2.56. The average molecular weight is 435 g/mol. The van der Waals surface area contributed by atoms with E-state index in [9.17, 15) is 9.59 Å². The first-order valence-corrected chi connectivity index (χ1v) is 11.2. The van der Waals surface area contributed by atoms with E-state index in [0.717, 1.165) is 49.9 Å². The van der Waals surface area contributed by atoms with Crippen LogP contribution in [-0.4, -0.2) is 35.8 Å². The van der Waals surface area contributed by atoms with Gasteiger partial charge in [-0.3, -0.25) is 9.59 Å². The minimum atomic E-state index is -0.0812. The van der Waals surface area contributed by atoms with E-state index in [1.54, 1.807) is 12.1 Å². The average Bonchev–Trinajstić information content (AvgIpc) is 3.07. The van der Waals surface area contributed by atoms with Crippen LogP contribution in [0.3, 0.4) is 0 Å². The second-order valence-electron chi connectivity index (χ2n) is 9.34. The van der Waals surface area contributed by atoms with Crippen LogP contribution in [0.1, 0.15) is 61.9 Å². The molecule has 2 heterocycles. The molecule has 0 unspecified atom stereocenters. The van der Waals surface area contributed by atoms with Gasteiger partial charge in [0.15, 0.2) is 10.4 Å². The van der Waals surface area contributed by atoms with Crippen LogP contribution >= 0.6 is 15.9 Å². The highest BCUT2D eigenvalue weighted by Crippen LogP contribution is 2.60. The van der Waals surface area contributed by atoms with E-state index in [4.69, 9.17) is 4.42 Å². The third-order valence-electron chi connectivity index (χ3n) is 7.42. The van der Waals surface area contributed by atoms with Crippen LogP contribution in [0.5, 0.6) is 0 Å². The molecule has 4 aliphatic carbocycles. The Labute approximate surface area is 168 Å². The van der Waals surface area contributed by atoms with Crippen LogP contribution < -0.4 is 5.32 Å². The van der Waals surface area contributed by atoms with Crippen molar-refractivity contribution in [3.63, 3.8) is 0 Å². The van der Waals surface area contributed by atoms with Crippen LogP contribution in [0.2, 0.25) is 0 Å². The largest absolute Gasteiger partial charge is 0.444 e. The Morgan fingerprint density at radius 3 is 2.15 bits per heavy atom. The van der Waals surface area contributed by atoms with Crippen molar-refractivity contribution in [2.24, 2.45) is 23.2 Å². The molecule has 1 aromatic rings. The first-order valence-electron chi connectivity index (χ1n) is 10.4. The van der Waals surface area contributed by atoms with Crippen LogP contribution in [0.25, 0.3) is 0 Å². The summed E-state index contributed by atoms with van der Waals surface area (Å²) in [6.45, 7) is 1.34. The van der Waals surface area contributed by atoms with Crippen molar-refractivity contribution in [1.82, 2.24) is 10.2 Å². The maximum atomic E-state index is 13.2. The zero-order valence-corrected chi connectivity index (χ0v) is 17.2. The number of amides is 2. The van der Waals surface area contributed by atoms with Crippen LogP contribution in [0, 0.1) is 23.2 Å². The number of carbonyl (C=O) groups is 2. The summed E-state index contributed by atoms with van der Waals surface area (Å²) in [5.41, 5.74) is -0.0812. The van der Waals surface area contributed by atoms with E-state index in [1.165, 1.54) is 19.3 Å². The molecule has 4 bridgehead atoms. The molecular weight excluding hydrogens is 408 g/mol. The zero-order chi connectivity index (χ0) is 18.6. The number of hydrogen-bond acceptors (Lipinski definition) is 3. The van der Waals surface area contributed by atoms with Crippen molar-refractivity contribution in [1.29, 1.82) is 0 Å². The Bertz CT molecular complexity index is 715. The second kappa shape index (κ2) is 6.64. The van der Waals surface area contributed by atoms with Gasteiger partial charge < -0.3 is 14.6 Å². The molecule has 2 amide bonds. The van der Waals surface area contributed by atoms with E-state index in [1.807, 2.05) is 4.90 Å². The van der Waals surface area contributed by atoms with Crippen molar-refractivity contribution >= 4 is 27.7 Å². The molecule has 1 aliphatic heterocycles. The topological polar surface area (TPSA) is 62.6 Å². The van der Waals surface area contributed by atoms with Gasteiger partial charge in [0, 0.05) is 24.5 Å². The first-order chi connectivity index (χ1) is 13.0. The van der Waals surface area contributed by atoms with Crippen LogP contribution in [0.15, 0.2) is 21.2 Å². The minimum Gasteiger partial charge on any atom is -0.444 e. The van der Waals surface area contributed by atoms with Crippen LogP contribution in [-0.2, 0) is 4.79 Å². The molecule has 27 heavy (non-hydrogen) atoms. The predicted octanol–water partition coefficient (Wildman–Crippen LogP) is 3.98. The highest BCUT2D eigenvalue weighted by molar-refractivity contribution is 9.10. The molecule has 5 fully saturated rings. The Balaban J connectivity index is 1.17. The fraction of sp³-hybridized carbons (Fsp3) is 0.714. The maximum absolute atomic E-state index is 13.2. The summed E-state index contributed by atoms with van der Waals surface area (Å²) in [4.78, 5) is 27.5. The summed E-state index contributed by atoms with van der Waals surface area (Å²) in [6, 6.07) is 3.64. The molecule has 1 aromatic heterocycles. The van der Waals surface area contributed by atoms with Gasteiger partial charge in [-0.25, -0.2) is 0 Å². The summed E-state index contributed by atoms with van der Waals surface area (Å²) < 4.78 is 5.96. The van der Waals surface area contributed by atoms with Crippen molar-refractivity contribution in [2.45, 2.75) is 57.4 Å². The third kappa shape index (κ3) is 3.24. The zero-order valence-electron chi connectivity index (χ0n) is 15.6. The number of rotatable bonds is 3. The number of carbonyl (C=O) groups excluding carboxylic acids is 2. The molecule has 146 valence electrons. The summed E-state index contributed by atoms with van der Waals surface area (Å²) in [6.07, 6.45) is 9.04. The molecule has 0 radical (unpaired) electrons. The van der Waals surface area contributed by atoms with Crippen molar-refractivity contribution < 1.29 is 14.0 Å². The fourth-order valence-corrected chi connectivity index (χ4v) is 6.85. The van der Waals surface area contributed by atoms with Crippen molar-refractivity contribution in [3.05, 3.63) is 22.6 Å². The molecule has 6 rings (SSSR count). The Morgan fingerprint density at radius 1 is 1.04 bits per heavy atom. The molecular formula is C21H27BrN2O3. The van der Waals surface area contributed by atoms with Gasteiger partial charge in [0.2, 0.25) is 5.91 Å². The van der Waals surface area contributed by atoms with Gasteiger partial charge in [0.1, 0.15) is 0 Å². The molecule has 1 N–H and O–H groups in total. The van der Waals surface area contributed by atoms with Gasteiger partial charge >= 0.3 is 0 Å². The SMILES string of the molecule is O=C(c1ccc(Br)o1)N1CCC(NC(=O)C23CC4CC(CC(C4)C2)C3)CC1. The van der Waals surface area contributed by atoms with E-state index in [2.05, 4.69) is 21.2 Å². The highest BCUT2D eigenvalue weighted by atomic mass is 79.9. The molecule has 0 atom stereocenters. The van der Waals surface area contributed by atoms with Crippen LogP contribution in [0.4, 0.5) is 0 Å². The number of hydrogen-bond donors (Lipinski definition) is 1. The van der Waals surface area contributed by atoms with Gasteiger partial charge in [-0.05, 0) is 97.2 Å². The molecule has 5 nitrogen and oxygen atoms in total. The van der Waals surface area contributed by atoms with E-state index < -0.39 is 0 Å². The number of nitrogens with one attached hydrogen (secondary N) is 1. The number of halogens is 1. The molecule has 4 saturated carbocycles. The molecule has 6 heteroatoms. The molecule has 0 spiro atoms. The third-order valence-corrected chi connectivity index (χ3v) is 7.85. The number of furan rings is 1. The lowest BCUT2D eigenvalue weighted by molar-refractivity contribution is -0.147. The van der Waals surface area contributed by atoms with E-state index >= 15 is 0 Å². The second-order valence-corrected chi connectivity index (χ2v) is 10.1. The monoisotopic (exact) mass is 434 g/mol. The minimum absolute atomic E-state index is 0.0634. The van der Waals surface area contributed by atoms with E-state index in [-0.39, 0.29) is 17.4 Å². The quantitative estimate of drug-likeness (QED) is 0.782. The summed E-state index contributed by atoms with van der Waals surface area (Å²) >= 11 is 3.24. The predicted molar refractivity (Wildman–Crippen MR) is 104 cm³/mol.